The monoisotopic (exact) mass is 395 g/mol. The molecule has 0 aromatic heterocycles. The van der Waals surface area contributed by atoms with Crippen molar-refractivity contribution in [1.82, 2.24) is 10.6 Å². The number of amides is 1. The highest BCUT2D eigenvalue weighted by Crippen LogP contribution is 2.31. The first-order valence-corrected chi connectivity index (χ1v) is 10.2. The van der Waals surface area contributed by atoms with Crippen LogP contribution < -0.4 is 15.5 Å². The van der Waals surface area contributed by atoms with Crippen molar-refractivity contribution in [3.8, 4) is 24.0 Å². The lowest BCUT2D eigenvalue weighted by molar-refractivity contribution is -0.116. The highest BCUT2D eigenvalue weighted by atomic mass is 16.2. The topological polar surface area (TPSA) is 44.4 Å². The van der Waals surface area contributed by atoms with Gasteiger partial charge in [0.2, 0.25) is 5.91 Å². The number of benzene rings is 2. The Balaban J connectivity index is 0.00000100. The van der Waals surface area contributed by atoms with E-state index < -0.39 is 0 Å². The van der Waals surface area contributed by atoms with Gasteiger partial charge in [0, 0.05) is 25.7 Å². The number of fused-ring (bicyclic) bond motifs is 1. The summed E-state index contributed by atoms with van der Waals surface area (Å²) in [5.74, 6) is 0.130. The third-order valence-electron chi connectivity index (χ3n) is 4.25. The average molecular weight is 396 g/mol. The highest BCUT2D eigenvalue weighted by molar-refractivity contribution is 5.93. The van der Waals surface area contributed by atoms with Gasteiger partial charge in [0.05, 0.1) is 0 Å². The fourth-order valence-electron chi connectivity index (χ4n) is 3.12. The summed E-state index contributed by atoms with van der Waals surface area (Å²) >= 11 is 0. The first kappa shape index (κ1) is 26.4. The maximum absolute atomic E-state index is 11.7. The number of anilines is 1. The SMILES string of the molecule is C#C.CC.CNC.CNCc1ccc(-c2ccc3c(c2)CCCN3C(C)=O)cc1. The van der Waals surface area contributed by atoms with Gasteiger partial charge in [-0.05, 0) is 68.4 Å². The summed E-state index contributed by atoms with van der Waals surface area (Å²) in [4.78, 5) is 13.6. The van der Waals surface area contributed by atoms with E-state index in [1.54, 1.807) is 6.92 Å². The molecule has 0 spiro atoms. The van der Waals surface area contributed by atoms with Gasteiger partial charge in [0.25, 0.3) is 0 Å². The minimum absolute atomic E-state index is 0.130. The zero-order chi connectivity index (χ0) is 22.2. The molecule has 0 radical (unpaired) electrons. The van der Waals surface area contributed by atoms with Crippen molar-refractivity contribution in [2.45, 2.75) is 40.2 Å². The smallest absolute Gasteiger partial charge is 0.223 e. The summed E-state index contributed by atoms with van der Waals surface area (Å²) in [5.41, 5.74) is 6.09. The summed E-state index contributed by atoms with van der Waals surface area (Å²) in [5, 5.41) is 5.91. The van der Waals surface area contributed by atoms with Gasteiger partial charge in [-0.3, -0.25) is 4.79 Å². The van der Waals surface area contributed by atoms with Crippen molar-refractivity contribution >= 4 is 11.6 Å². The molecule has 1 aliphatic heterocycles. The summed E-state index contributed by atoms with van der Waals surface area (Å²) in [6, 6.07) is 15.1. The number of carbonyl (C=O) groups excluding carboxylic acids is 1. The van der Waals surface area contributed by atoms with E-state index in [0.717, 1.165) is 31.6 Å². The van der Waals surface area contributed by atoms with Crippen LogP contribution in [0.2, 0.25) is 0 Å². The third kappa shape index (κ3) is 8.11. The van der Waals surface area contributed by atoms with Gasteiger partial charge in [-0.2, -0.15) is 0 Å². The Kier molecular flexibility index (Phi) is 13.9. The van der Waals surface area contributed by atoms with E-state index in [1.165, 1.54) is 22.3 Å². The van der Waals surface area contributed by atoms with Crippen LogP contribution in [0.3, 0.4) is 0 Å². The van der Waals surface area contributed by atoms with Crippen LogP contribution >= 0.6 is 0 Å². The molecular formula is C25H37N3O. The lowest BCUT2D eigenvalue weighted by atomic mass is 9.95. The molecule has 4 nitrogen and oxygen atoms in total. The maximum atomic E-state index is 11.7. The molecule has 3 rings (SSSR count). The van der Waals surface area contributed by atoms with Gasteiger partial charge in [-0.1, -0.05) is 44.2 Å². The predicted molar refractivity (Wildman–Crippen MR) is 127 cm³/mol. The minimum atomic E-state index is 0.130. The van der Waals surface area contributed by atoms with Crippen molar-refractivity contribution in [2.24, 2.45) is 0 Å². The Morgan fingerprint density at radius 1 is 1.00 bits per heavy atom. The van der Waals surface area contributed by atoms with E-state index in [-0.39, 0.29) is 5.91 Å². The molecule has 0 fully saturated rings. The number of aryl methyl sites for hydroxylation is 1. The van der Waals surface area contributed by atoms with Crippen molar-refractivity contribution in [2.75, 3.05) is 32.6 Å². The first-order valence-electron chi connectivity index (χ1n) is 10.2. The Morgan fingerprint density at radius 3 is 2.07 bits per heavy atom. The largest absolute Gasteiger partial charge is 0.323 e. The van der Waals surface area contributed by atoms with Gasteiger partial charge in [0.15, 0.2) is 0 Å². The predicted octanol–water partition coefficient (Wildman–Crippen LogP) is 4.48. The summed E-state index contributed by atoms with van der Waals surface area (Å²) < 4.78 is 0. The van der Waals surface area contributed by atoms with Crippen LogP contribution in [0, 0.1) is 12.8 Å². The number of nitrogens with zero attached hydrogens (tertiary/aromatic N) is 1. The van der Waals surface area contributed by atoms with Crippen molar-refractivity contribution in [3.05, 3.63) is 53.6 Å². The standard InChI is InChI=1S/C19H22N2O.C2H7N.C2H6.C2H2/c1-14(22)21-11-3-4-18-12-17(9-10-19(18)21)16-7-5-15(6-8-16)13-20-2;1-3-2;2*1-2/h5-10,12,20H,3-4,11,13H2,1-2H3;3H,1-2H3;1-2H3;1-2H. The second-order valence-electron chi connectivity index (χ2n) is 6.34. The minimum Gasteiger partial charge on any atom is -0.323 e. The van der Waals surface area contributed by atoms with Crippen LogP contribution in [-0.4, -0.2) is 33.6 Å². The molecule has 158 valence electrons. The summed E-state index contributed by atoms with van der Waals surface area (Å²) in [6.07, 6.45) is 10.1. The van der Waals surface area contributed by atoms with E-state index >= 15 is 0 Å². The number of terminal acetylenes is 1. The maximum Gasteiger partial charge on any atom is 0.223 e. The quantitative estimate of drug-likeness (QED) is 0.753. The number of nitrogens with one attached hydrogen (secondary N) is 2. The second-order valence-corrected chi connectivity index (χ2v) is 6.34. The van der Waals surface area contributed by atoms with E-state index in [4.69, 9.17) is 0 Å². The molecule has 2 aromatic carbocycles. The van der Waals surface area contributed by atoms with Gasteiger partial charge >= 0.3 is 0 Å². The molecule has 0 saturated carbocycles. The fourth-order valence-corrected chi connectivity index (χ4v) is 3.12. The van der Waals surface area contributed by atoms with Crippen LogP contribution in [0.1, 0.15) is 38.3 Å². The number of hydrogen-bond donors (Lipinski definition) is 2. The normalized spacial score (nSPS) is 11.4. The molecular weight excluding hydrogens is 358 g/mol. The van der Waals surface area contributed by atoms with Gasteiger partial charge in [-0.25, -0.2) is 0 Å². The molecule has 29 heavy (non-hydrogen) atoms. The molecule has 0 saturated heterocycles. The molecule has 2 aromatic rings. The Bertz CT molecular complexity index is 735. The third-order valence-corrected chi connectivity index (χ3v) is 4.25. The van der Waals surface area contributed by atoms with Crippen molar-refractivity contribution < 1.29 is 4.79 Å². The van der Waals surface area contributed by atoms with Crippen molar-refractivity contribution in [3.63, 3.8) is 0 Å². The van der Waals surface area contributed by atoms with Crippen molar-refractivity contribution in [1.29, 1.82) is 0 Å². The Hall–Kier alpha value is -2.61. The van der Waals surface area contributed by atoms with Crippen LogP contribution in [-0.2, 0) is 17.8 Å². The zero-order valence-electron chi connectivity index (χ0n) is 18.9. The van der Waals surface area contributed by atoms with Crippen LogP contribution in [0.4, 0.5) is 5.69 Å². The molecule has 4 heteroatoms. The highest BCUT2D eigenvalue weighted by Gasteiger charge is 2.20. The zero-order valence-corrected chi connectivity index (χ0v) is 18.9. The van der Waals surface area contributed by atoms with E-state index in [2.05, 4.69) is 65.9 Å². The molecule has 1 amide bonds. The number of carbonyl (C=O) groups is 1. The van der Waals surface area contributed by atoms with Crippen LogP contribution in [0.25, 0.3) is 11.1 Å². The molecule has 1 aliphatic rings. The van der Waals surface area contributed by atoms with E-state index in [1.807, 2.05) is 39.9 Å². The van der Waals surface area contributed by atoms with Gasteiger partial charge < -0.3 is 15.5 Å². The lowest BCUT2D eigenvalue weighted by Crippen LogP contribution is -2.33. The van der Waals surface area contributed by atoms with Gasteiger partial charge in [0.1, 0.15) is 0 Å². The van der Waals surface area contributed by atoms with Crippen LogP contribution in [0.15, 0.2) is 42.5 Å². The number of rotatable bonds is 3. The fraction of sp³-hybridized carbons (Fsp3) is 0.400. The molecule has 1 heterocycles. The van der Waals surface area contributed by atoms with E-state index in [0.29, 0.717) is 0 Å². The second kappa shape index (κ2) is 15.3. The Morgan fingerprint density at radius 2 is 1.55 bits per heavy atom. The average Bonchev–Trinajstić information content (AvgIpc) is 2.77. The van der Waals surface area contributed by atoms with E-state index in [9.17, 15) is 4.79 Å². The van der Waals surface area contributed by atoms with Gasteiger partial charge in [-0.15, -0.1) is 12.8 Å². The first-order chi connectivity index (χ1) is 14.1. The summed E-state index contributed by atoms with van der Waals surface area (Å²) in [7, 11) is 5.71. The molecule has 0 bridgehead atoms. The van der Waals surface area contributed by atoms with Crippen LogP contribution in [0.5, 0.6) is 0 Å². The Labute approximate surface area is 177 Å². The summed E-state index contributed by atoms with van der Waals surface area (Å²) in [6.45, 7) is 7.36. The molecule has 2 N–H and O–H groups in total. The lowest BCUT2D eigenvalue weighted by Gasteiger charge is -2.29. The molecule has 0 unspecified atom stereocenters. The molecule has 0 atom stereocenters. The molecule has 0 aliphatic carbocycles. The number of hydrogen-bond acceptors (Lipinski definition) is 3.